The number of benzene rings is 2. The van der Waals surface area contributed by atoms with Crippen LogP contribution in [0.3, 0.4) is 0 Å². The average Bonchev–Trinajstić information content (AvgIpc) is 3.41. The predicted molar refractivity (Wildman–Crippen MR) is 124 cm³/mol. The number of anilines is 1. The fraction of sp³-hybridized carbons (Fsp3) is 0.238. The molecule has 0 atom stereocenters. The molecule has 1 aliphatic carbocycles. The molecule has 0 saturated heterocycles. The van der Waals surface area contributed by atoms with E-state index < -0.39 is 15.9 Å². The Labute approximate surface area is 194 Å². The number of hydrogen-bond donors (Lipinski definition) is 2. The second-order valence-electron chi connectivity index (χ2n) is 7.35. The molecule has 1 amide bonds. The molecule has 1 aliphatic rings. The van der Waals surface area contributed by atoms with Gasteiger partial charge in [0.15, 0.2) is 5.13 Å². The van der Waals surface area contributed by atoms with E-state index in [1.54, 1.807) is 25.3 Å². The highest BCUT2D eigenvalue weighted by molar-refractivity contribution is 7.89. The van der Waals surface area contributed by atoms with Gasteiger partial charge in [0.1, 0.15) is 0 Å². The molecule has 0 radical (unpaired) electrons. The number of aromatic nitrogens is 1. The van der Waals surface area contributed by atoms with E-state index in [1.165, 1.54) is 23.5 Å². The summed E-state index contributed by atoms with van der Waals surface area (Å²) < 4.78 is 27.6. The first kappa shape index (κ1) is 22.2. The Hall–Kier alpha value is -1.97. The van der Waals surface area contributed by atoms with E-state index in [1.807, 2.05) is 12.1 Å². The van der Waals surface area contributed by atoms with Crippen molar-refractivity contribution in [3.05, 3.63) is 74.2 Å². The zero-order chi connectivity index (χ0) is 22.2. The predicted octanol–water partition coefficient (Wildman–Crippen LogP) is 5.04. The molecule has 4 rings (SSSR count). The van der Waals surface area contributed by atoms with Crippen molar-refractivity contribution >= 4 is 55.6 Å². The fourth-order valence-electron chi connectivity index (χ4n) is 2.99. The summed E-state index contributed by atoms with van der Waals surface area (Å²) in [6.45, 7) is 1.76. The number of carbonyl (C=O) groups is 1. The standard InChI is InChI=1S/C21H19Cl2N3O3S2/c1-12-5-8-16(31(28,29)26-14-6-7-14)10-17(12)20(27)25-21-24-11-15(30-21)9-13-3-2-4-18(22)19(13)23/h2-5,8,10-11,14,26H,6-7,9H2,1H3,(H,24,25,27). The van der Waals surface area contributed by atoms with Crippen molar-refractivity contribution in [2.75, 3.05) is 5.32 Å². The molecular weight excluding hydrogens is 477 g/mol. The second-order valence-corrected chi connectivity index (χ2v) is 11.0. The third kappa shape index (κ3) is 5.27. The Morgan fingerprint density at radius 1 is 1.23 bits per heavy atom. The maximum atomic E-state index is 12.8. The topological polar surface area (TPSA) is 88.2 Å². The molecule has 0 bridgehead atoms. The summed E-state index contributed by atoms with van der Waals surface area (Å²) in [5.41, 5.74) is 1.83. The Kier molecular flexibility index (Phi) is 6.37. The maximum absolute atomic E-state index is 12.8. The van der Waals surface area contributed by atoms with Crippen molar-refractivity contribution in [3.8, 4) is 0 Å². The number of amides is 1. The molecule has 2 aromatic carbocycles. The highest BCUT2D eigenvalue weighted by atomic mass is 35.5. The van der Waals surface area contributed by atoms with Crippen LogP contribution in [-0.4, -0.2) is 25.4 Å². The molecule has 3 aromatic rings. The maximum Gasteiger partial charge on any atom is 0.257 e. The Morgan fingerprint density at radius 2 is 2.00 bits per heavy atom. The van der Waals surface area contributed by atoms with Crippen LogP contribution in [0.1, 0.15) is 39.2 Å². The SMILES string of the molecule is Cc1ccc(S(=O)(=O)NC2CC2)cc1C(=O)Nc1ncc(Cc2cccc(Cl)c2Cl)s1. The van der Waals surface area contributed by atoms with Crippen LogP contribution in [-0.2, 0) is 16.4 Å². The Morgan fingerprint density at radius 3 is 2.74 bits per heavy atom. The average molecular weight is 496 g/mol. The lowest BCUT2D eigenvalue weighted by atomic mass is 10.1. The van der Waals surface area contributed by atoms with Crippen LogP contribution in [0.2, 0.25) is 10.0 Å². The van der Waals surface area contributed by atoms with Crippen LogP contribution < -0.4 is 10.0 Å². The van der Waals surface area contributed by atoms with E-state index in [0.29, 0.717) is 27.2 Å². The molecule has 1 saturated carbocycles. The zero-order valence-electron chi connectivity index (χ0n) is 16.5. The van der Waals surface area contributed by atoms with Gasteiger partial charge in [-0.25, -0.2) is 18.1 Å². The molecule has 1 fully saturated rings. The summed E-state index contributed by atoms with van der Waals surface area (Å²) in [6.07, 6.45) is 3.88. The summed E-state index contributed by atoms with van der Waals surface area (Å²) >= 11 is 13.6. The van der Waals surface area contributed by atoms with Crippen LogP contribution in [0.25, 0.3) is 0 Å². The number of halogens is 2. The van der Waals surface area contributed by atoms with Crippen LogP contribution in [0, 0.1) is 6.92 Å². The van der Waals surface area contributed by atoms with Crippen LogP contribution >= 0.6 is 34.5 Å². The number of thiazole rings is 1. The summed E-state index contributed by atoms with van der Waals surface area (Å²) in [5.74, 6) is -0.414. The van der Waals surface area contributed by atoms with E-state index in [0.717, 1.165) is 23.3 Å². The molecule has 2 N–H and O–H groups in total. The Balaban J connectivity index is 1.50. The van der Waals surface area contributed by atoms with Gasteiger partial charge in [0.2, 0.25) is 10.0 Å². The lowest BCUT2D eigenvalue weighted by molar-refractivity contribution is 0.102. The monoisotopic (exact) mass is 495 g/mol. The number of hydrogen-bond acceptors (Lipinski definition) is 5. The van der Waals surface area contributed by atoms with Crippen molar-refractivity contribution in [3.63, 3.8) is 0 Å². The highest BCUT2D eigenvalue weighted by Gasteiger charge is 2.28. The molecule has 162 valence electrons. The van der Waals surface area contributed by atoms with Gasteiger partial charge in [0, 0.05) is 29.1 Å². The number of aryl methyl sites for hydroxylation is 1. The zero-order valence-corrected chi connectivity index (χ0v) is 19.6. The molecule has 1 aromatic heterocycles. The van der Waals surface area contributed by atoms with Gasteiger partial charge in [-0.15, -0.1) is 11.3 Å². The minimum atomic E-state index is -3.65. The third-order valence-corrected chi connectivity index (χ3v) is 8.12. The molecule has 31 heavy (non-hydrogen) atoms. The lowest BCUT2D eigenvalue weighted by Crippen LogP contribution is -2.26. The first-order valence-corrected chi connectivity index (χ1v) is 12.6. The minimum absolute atomic E-state index is 0.00896. The van der Waals surface area contributed by atoms with E-state index in [2.05, 4.69) is 15.0 Å². The number of carbonyl (C=O) groups excluding carboxylic acids is 1. The summed E-state index contributed by atoms with van der Waals surface area (Å²) in [5, 5.41) is 4.16. The van der Waals surface area contributed by atoms with Crippen molar-refractivity contribution in [2.24, 2.45) is 0 Å². The largest absolute Gasteiger partial charge is 0.298 e. The highest BCUT2D eigenvalue weighted by Crippen LogP contribution is 2.30. The van der Waals surface area contributed by atoms with Crippen LogP contribution in [0.5, 0.6) is 0 Å². The van der Waals surface area contributed by atoms with Gasteiger partial charge in [-0.1, -0.05) is 41.4 Å². The molecule has 0 aliphatic heterocycles. The smallest absolute Gasteiger partial charge is 0.257 e. The molecule has 6 nitrogen and oxygen atoms in total. The normalized spacial score (nSPS) is 13.9. The second kappa shape index (κ2) is 8.88. The molecule has 10 heteroatoms. The number of sulfonamides is 1. The van der Waals surface area contributed by atoms with Crippen LogP contribution in [0.15, 0.2) is 47.5 Å². The van der Waals surface area contributed by atoms with Gasteiger partial charge in [-0.3, -0.25) is 10.1 Å². The van der Waals surface area contributed by atoms with Gasteiger partial charge in [0.25, 0.3) is 5.91 Å². The number of nitrogens with one attached hydrogen (secondary N) is 2. The molecule has 0 unspecified atom stereocenters. The van der Waals surface area contributed by atoms with Gasteiger partial charge >= 0.3 is 0 Å². The quantitative estimate of drug-likeness (QED) is 0.480. The third-order valence-electron chi connectivity index (χ3n) is 4.83. The van der Waals surface area contributed by atoms with Gasteiger partial charge in [0.05, 0.1) is 14.9 Å². The van der Waals surface area contributed by atoms with E-state index >= 15 is 0 Å². The summed E-state index contributed by atoms with van der Waals surface area (Å²) in [7, 11) is -3.65. The van der Waals surface area contributed by atoms with Crippen molar-refractivity contribution in [1.82, 2.24) is 9.71 Å². The van der Waals surface area contributed by atoms with Crippen molar-refractivity contribution < 1.29 is 13.2 Å². The van der Waals surface area contributed by atoms with Crippen molar-refractivity contribution in [1.29, 1.82) is 0 Å². The fourth-order valence-corrected chi connectivity index (χ4v) is 5.53. The van der Waals surface area contributed by atoms with E-state index in [-0.39, 0.29) is 16.5 Å². The van der Waals surface area contributed by atoms with Crippen LogP contribution in [0.4, 0.5) is 5.13 Å². The van der Waals surface area contributed by atoms with Gasteiger partial charge in [-0.05, 0) is 49.1 Å². The number of rotatable bonds is 7. The van der Waals surface area contributed by atoms with Gasteiger partial charge < -0.3 is 0 Å². The lowest BCUT2D eigenvalue weighted by Gasteiger charge is -2.10. The van der Waals surface area contributed by atoms with Crippen molar-refractivity contribution in [2.45, 2.75) is 37.1 Å². The number of nitrogens with zero attached hydrogens (tertiary/aromatic N) is 1. The molecule has 0 spiro atoms. The first-order valence-electron chi connectivity index (χ1n) is 9.55. The minimum Gasteiger partial charge on any atom is -0.298 e. The molecule has 1 heterocycles. The summed E-state index contributed by atoms with van der Waals surface area (Å²) in [6, 6.07) is 9.97. The Bertz CT molecular complexity index is 1250. The summed E-state index contributed by atoms with van der Waals surface area (Å²) in [4.78, 5) is 18.1. The molecular formula is C21H19Cl2N3O3S2. The van der Waals surface area contributed by atoms with Gasteiger partial charge in [-0.2, -0.15) is 0 Å². The van der Waals surface area contributed by atoms with E-state index in [9.17, 15) is 13.2 Å². The first-order chi connectivity index (χ1) is 14.7. The van der Waals surface area contributed by atoms with E-state index in [4.69, 9.17) is 23.2 Å².